The third-order valence-electron chi connectivity index (χ3n) is 8.85. The van der Waals surface area contributed by atoms with E-state index in [4.69, 9.17) is 4.74 Å². The molecule has 1 aromatic rings. The number of benzene rings is 1. The Balaban J connectivity index is 1.63. The van der Waals surface area contributed by atoms with Crippen LogP contribution in [0.3, 0.4) is 0 Å². The van der Waals surface area contributed by atoms with Crippen molar-refractivity contribution in [3.63, 3.8) is 0 Å². The van der Waals surface area contributed by atoms with E-state index >= 15 is 0 Å². The second-order valence-corrected chi connectivity index (χ2v) is 12.5. The summed E-state index contributed by atoms with van der Waals surface area (Å²) in [6, 6.07) is 8.81. The molecule has 4 heteroatoms. The Kier molecular flexibility index (Phi) is 5.72. The number of nitrogens with zero attached hydrogens (tertiary/aromatic N) is 1. The fourth-order valence-electron chi connectivity index (χ4n) is 6.81. The van der Waals surface area contributed by atoms with Crippen LogP contribution in [0.15, 0.2) is 47.2 Å². The molecule has 0 saturated heterocycles. The highest BCUT2D eigenvalue weighted by atomic mass is 16.5. The molecule has 1 unspecified atom stereocenters. The maximum Gasteiger partial charge on any atom is 0.137 e. The number of carbonyl (C=O) groups is 1. The normalized spacial score (nSPS) is 34.1. The van der Waals surface area contributed by atoms with Crippen LogP contribution in [-0.2, 0) is 9.53 Å². The van der Waals surface area contributed by atoms with Crippen molar-refractivity contribution in [3.05, 3.63) is 52.8 Å². The highest BCUT2D eigenvalue weighted by molar-refractivity contribution is 5.84. The minimum absolute atomic E-state index is 0.0790. The second-order valence-electron chi connectivity index (χ2n) is 12.5. The Morgan fingerprint density at radius 1 is 1.14 bits per heavy atom. The van der Waals surface area contributed by atoms with Crippen molar-refractivity contribution in [2.45, 2.75) is 83.8 Å². The van der Waals surface area contributed by atoms with Gasteiger partial charge in [-0.2, -0.15) is 0 Å². The van der Waals surface area contributed by atoms with E-state index in [2.05, 4.69) is 82.8 Å². The molecule has 0 bridgehead atoms. The summed E-state index contributed by atoms with van der Waals surface area (Å²) in [5.74, 6) is 7.33. The van der Waals surface area contributed by atoms with Crippen LogP contribution in [0.1, 0.15) is 77.7 Å². The third kappa shape index (κ3) is 4.02. The lowest BCUT2D eigenvalue weighted by Crippen LogP contribution is -2.53. The zero-order valence-corrected chi connectivity index (χ0v) is 22.1. The molecule has 1 N–H and O–H groups in total. The number of carbonyl (C=O) groups excluding carboxylic acids is 1. The maximum absolute atomic E-state index is 12.2. The smallest absolute Gasteiger partial charge is 0.137 e. The molecular weight excluding hydrogens is 434 g/mol. The van der Waals surface area contributed by atoms with Crippen LogP contribution in [0.2, 0.25) is 0 Å². The van der Waals surface area contributed by atoms with E-state index in [9.17, 15) is 9.90 Å². The number of allylic oxidation sites excluding steroid dienone is 2. The molecule has 4 aliphatic rings. The first kappa shape index (κ1) is 24.2. The van der Waals surface area contributed by atoms with Crippen LogP contribution in [0, 0.1) is 28.6 Å². The molecule has 0 radical (unpaired) electrons. The van der Waals surface area contributed by atoms with Gasteiger partial charge in [0.05, 0.1) is 6.26 Å². The summed E-state index contributed by atoms with van der Waals surface area (Å²) in [6.45, 7) is 8.52. The number of fused-ring (bicyclic) bond motifs is 4. The zero-order chi connectivity index (χ0) is 25.2. The first-order valence-corrected chi connectivity index (χ1v) is 13.1. The molecular formula is C31H39NO3. The van der Waals surface area contributed by atoms with Crippen molar-refractivity contribution in [1.82, 2.24) is 0 Å². The van der Waals surface area contributed by atoms with E-state index in [1.165, 1.54) is 22.4 Å². The summed E-state index contributed by atoms with van der Waals surface area (Å²) in [7, 11) is 4.11. The predicted octanol–water partition coefficient (Wildman–Crippen LogP) is 5.77. The molecule has 1 heterocycles. The molecule has 0 amide bonds. The van der Waals surface area contributed by atoms with Gasteiger partial charge >= 0.3 is 0 Å². The molecule has 1 aliphatic heterocycles. The van der Waals surface area contributed by atoms with Crippen molar-refractivity contribution >= 4 is 11.5 Å². The van der Waals surface area contributed by atoms with E-state index in [1.54, 1.807) is 0 Å². The number of ketones is 1. The number of ether oxygens (including phenoxy) is 1. The number of hydrogen-bond acceptors (Lipinski definition) is 4. The van der Waals surface area contributed by atoms with Crippen LogP contribution < -0.4 is 4.90 Å². The van der Waals surface area contributed by atoms with Crippen molar-refractivity contribution in [3.8, 4) is 11.8 Å². The fraction of sp³-hybridized carbons (Fsp3) is 0.581. The average Bonchev–Trinajstić information content (AvgIpc) is 3.07. The highest BCUT2D eigenvalue weighted by Crippen LogP contribution is 2.64. The molecule has 0 spiro atoms. The van der Waals surface area contributed by atoms with Crippen LogP contribution in [0.5, 0.6) is 0 Å². The number of anilines is 1. The molecule has 3 fully saturated rings. The maximum atomic E-state index is 12.2. The van der Waals surface area contributed by atoms with Crippen molar-refractivity contribution in [2.24, 2.45) is 16.7 Å². The van der Waals surface area contributed by atoms with Crippen LogP contribution in [-0.4, -0.2) is 36.7 Å². The first-order valence-electron chi connectivity index (χ1n) is 13.1. The second kappa shape index (κ2) is 8.27. The van der Waals surface area contributed by atoms with Gasteiger partial charge in [0, 0.05) is 55.3 Å². The van der Waals surface area contributed by atoms with Gasteiger partial charge in [-0.15, -0.1) is 0 Å². The van der Waals surface area contributed by atoms with Gasteiger partial charge in [0.1, 0.15) is 17.5 Å². The average molecular weight is 474 g/mol. The SMILES string of the molecule is CN(C)c1ccc(C2C[C@@]3(C)[C@@H](CC[C@@]3(O)C#CC(C)(C)C)[C@@H]3OC=C4CC(=O)CCC4=C23)cc1. The van der Waals surface area contributed by atoms with Crippen molar-refractivity contribution in [1.29, 1.82) is 0 Å². The Bertz CT molecular complexity index is 1160. The number of hydrogen-bond donors (Lipinski definition) is 1. The van der Waals surface area contributed by atoms with Gasteiger partial charge in [0.15, 0.2) is 0 Å². The van der Waals surface area contributed by atoms with Gasteiger partial charge in [-0.3, -0.25) is 4.79 Å². The summed E-state index contributed by atoms with van der Waals surface area (Å²) >= 11 is 0. The van der Waals surface area contributed by atoms with Gasteiger partial charge in [-0.1, -0.05) is 30.9 Å². The molecule has 5 rings (SSSR count). The minimum Gasteiger partial charge on any atom is -0.493 e. The molecule has 4 nitrogen and oxygen atoms in total. The summed E-state index contributed by atoms with van der Waals surface area (Å²) in [4.78, 5) is 14.3. The van der Waals surface area contributed by atoms with E-state index < -0.39 is 5.60 Å². The molecule has 3 saturated carbocycles. The monoisotopic (exact) mass is 473 g/mol. The molecule has 5 atom stereocenters. The lowest BCUT2D eigenvalue weighted by Gasteiger charge is -2.52. The Labute approximate surface area is 210 Å². The number of rotatable bonds is 2. The summed E-state index contributed by atoms with van der Waals surface area (Å²) < 4.78 is 6.49. The van der Waals surface area contributed by atoms with E-state index in [0.29, 0.717) is 25.0 Å². The van der Waals surface area contributed by atoms with Crippen molar-refractivity contribution < 1.29 is 14.6 Å². The lowest BCUT2D eigenvalue weighted by atomic mass is 9.55. The first-order chi connectivity index (χ1) is 16.4. The van der Waals surface area contributed by atoms with E-state index in [-0.39, 0.29) is 28.8 Å². The third-order valence-corrected chi connectivity index (χ3v) is 8.85. The topological polar surface area (TPSA) is 49.8 Å². The minimum atomic E-state index is -1.04. The molecule has 0 aromatic heterocycles. The number of Topliss-reactive ketones (excluding diaryl/α,β-unsaturated/α-hetero) is 1. The van der Waals surface area contributed by atoms with Gasteiger partial charge < -0.3 is 14.7 Å². The standard InChI is InChI=1S/C31H39NO3/c1-29(2,3)15-16-31(34)14-13-26-28-27(24-12-11-23(33)17-21(24)19-35-28)25(18-30(26,31)4)20-7-9-22(10-8-20)32(5)6/h7-10,19,25-26,28,34H,11-14,17-18H2,1-6H3/t25?,26-,28-,30-,31+/m0/s1. The Hall–Kier alpha value is -2.51. The Morgan fingerprint density at radius 2 is 1.86 bits per heavy atom. The molecule has 186 valence electrons. The Morgan fingerprint density at radius 3 is 2.51 bits per heavy atom. The van der Waals surface area contributed by atoms with E-state index in [0.717, 1.165) is 24.8 Å². The quantitative estimate of drug-likeness (QED) is 0.554. The number of aliphatic hydroxyl groups is 1. The van der Waals surface area contributed by atoms with Gasteiger partial charge in [-0.25, -0.2) is 0 Å². The van der Waals surface area contributed by atoms with Crippen LogP contribution in [0.4, 0.5) is 5.69 Å². The van der Waals surface area contributed by atoms with Gasteiger partial charge in [0.25, 0.3) is 0 Å². The summed E-state index contributed by atoms with van der Waals surface area (Å²) in [6.07, 6.45) is 6.04. The van der Waals surface area contributed by atoms with Crippen molar-refractivity contribution in [2.75, 3.05) is 19.0 Å². The largest absolute Gasteiger partial charge is 0.493 e. The van der Waals surface area contributed by atoms with Crippen LogP contribution >= 0.6 is 0 Å². The van der Waals surface area contributed by atoms with Gasteiger partial charge in [-0.05, 0) is 80.9 Å². The summed E-state index contributed by atoms with van der Waals surface area (Å²) in [5, 5.41) is 12.0. The molecule has 3 aliphatic carbocycles. The van der Waals surface area contributed by atoms with E-state index in [1.807, 2.05) is 6.26 Å². The fourth-order valence-corrected chi connectivity index (χ4v) is 6.81. The lowest BCUT2D eigenvalue weighted by molar-refractivity contribution is -0.119. The highest BCUT2D eigenvalue weighted by Gasteiger charge is 2.63. The summed E-state index contributed by atoms with van der Waals surface area (Å²) in [5.41, 5.74) is 4.57. The van der Waals surface area contributed by atoms with Gasteiger partial charge in [0.2, 0.25) is 0 Å². The molecule has 35 heavy (non-hydrogen) atoms. The molecule has 1 aromatic carbocycles. The zero-order valence-electron chi connectivity index (χ0n) is 22.1. The van der Waals surface area contributed by atoms with Crippen LogP contribution in [0.25, 0.3) is 0 Å². The predicted molar refractivity (Wildman–Crippen MR) is 140 cm³/mol.